The van der Waals surface area contributed by atoms with Crippen LogP contribution in [-0.2, 0) is 14.3 Å². The fraction of sp³-hybridized carbons (Fsp3) is 0.917. The Balaban J connectivity index is 2.23. The van der Waals surface area contributed by atoms with E-state index in [2.05, 4.69) is 23.5 Å². The van der Waals surface area contributed by atoms with Crippen LogP contribution in [0, 0.1) is 0 Å². The molecule has 0 aromatic rings. The molecule has 16 heavy (non-hydrogen) atoms. The molecule has 4 nitrogen and oxygen atoms in total. The first-order valence-electron chi connectivity index (χ1n) is 6.10. The molecule has 0 aromatic carbocycles. The van der Waals surface area contributed by atoms with E-state index in [4.69, 9.17) is 4.74 Å². The van der Waals surface area contributed by atoms with Crippen LogP contribution in [0.4, 0.5) is 0 Å². The molecule has 1 aliphatic rings. The highest BCUT2D eigenvalue weighted by molar-refractivity contribution is 5.69. The van der Waals surface area contributed by atoms with Crippen molar-refractivity contribution < 1.29 is 14.3 Å². The zero-order valence-corrected chi connectivity index (χ0v) is 10.6. The molecule has 1 saturated heterocycles. The molecule has 1 aliphatic heterocycles. The van der Waals surface area contributed by atoms with Crippen LogP contribution in [0.5, 0.6) is 0 Å². The topological polar surface area (TPSA) is 38.8 Å². The predicted molar refractivity (Wildman–Crippen MR) is 62.3 cm³/mol. The Morgan fingerprint density at radius 3 is 2.75 bits per heavy atom. The number of hydrogen-bond acceptors (Lipinski definition) is 4. The Morgan fingerprint density at radius 1 is 1.50 bits per heavy atom. The molecule has 2 atom stereocenters. The van der Waals surface area contributed by atoms with E-state index in [0.29, 0.717) is 18.6 Å². The maximum Gasteiger partial charge on any atom is 0.306 e. The van der Waals surface area contributed by atoms with E-state index in [1.54, 1.807) is 0 Å². The van der Waals surface area contributed by atoms with Gasteiger partial charge in [0, 0.05) is 13.1 Å². The van der Waals surface area contributed by atoms with E-state index in [1.807, 2.05) is 0 Å². The molecule has 0 saturated carbocycles. The summed E-state index contributed by atoms with van der Waals surface area (Å²) in [6.45, 7) is 6.86. The van der Waals surface area contributed by atoms with Crippen LogP contribution in [0.3, 0.4) is 0 Å². The maximum atomic E-state index is 11.0. The van der Waals surface area contributed by atoms with Crippen molar-refractivity contribution in [2.45, 2.75) is 45.3 Å². The van der Waals surface area contributed by atoms with Crippen molar-refractivity contribution in [1.82, 2.24) is 4.90 Å². The molecule has 0 spiro atoms. The lowest BCUT2D eigenvalue weighted by Gasteiger charge is -2.23. The molecule has 0 N–H and O–H groups in total. The molecular formula is C12H23NO3. The lowest BCUT2D eigenvalue weighted by atomic mass is 10.2. The quantitative estimate of drug-likeness (QED) is 0.646. The summed E-state index contributed by atoms with van der Waals surface area (Å²) in [6.07, 6.45) is 3.48. The normalized spacial score (nSPS) is 25.0. The first-order valence-corrected chi connectivity index (χ1v) is 6.10. The van der Waals surface area contributed by atoms with Gasteiger partial charge >= 0.3 is 5.97 Å². The lowest BCUT2D eigenvalue weighted by Crippen LogP contribution is -2.34. The van der Waals surface area contributed by atoms with Gasteiger partial charge in [0.25, 0.3) is 0 Å². The lowest BCUT2D eigenvalue weighted by molar-refractivity contribution is -0.141. The second-order valence-corrected chi connectivity index (χ2v) is 4.37. The standard InChI is InChI=1S/C12H23NO3/c1-4-13(8-7-12(14)15-3)9-11-6-5-10(2)16-11/h10-11H,4-9H2,1-3H3. The van der Waals surface area contributed by atoms with Crippen LogP contribution >= 0.6 is 0 Å². The summed E-state index contributed by atoms with van der Waals surface area (Å²) in [7, 11) is 1.43. The second-order valence-electron chi connectivity index (χ2n) is 4.37. The van der Waals surface area contributed by atoms with Crippen molar-refractivity contribution in [3.05, 3.63) is 0 Å². The summed E-state index contributed by atoms with van der Waals surface area (Å²) < 4.78 is 10.4. The van der Waals surface area contributed by atoms with Gasteiger partial charge in [0.1, 0.15) is 0 Å². The molecule has 0 aromatic heterocycles. The average Bonchev–Trinajstić information content (AvgIpc) is 2.69. The maximum absolute atomic E-state index is 11.0. The van der Waals surface area contributed by atoms with E-state index in [-0.39, 0.29) is 5.97 Å². The van der Waals surface area contributed by atoms with Crippen LogP contribution in [-0.4, -0.2) is 49.8 Å². The molecule has 0 radical (unpaired) electrons. The number of methoxy groups -OCH3 is 1. The fourth-order valence-corrected chi connectivity index (χ4v) is 2.04. The summed E-state index contributed by atoms with van der Waals surface area (Å²) in [6, 6.07) is 0. The number of likely N-dealkylation sites (N-methyl/N-ethyl adjacent to an activating group) is 1. The Labute approximate surface area is 97.9 Å². The minimum absolute atomic E-state index is 0.140. The smallest absolute Gasteiger partial charge is 0.306 e. The number of carbonyl (C=O) groups is 1. The number of esters is 1. The van der Waals surface area contributed by atoms with Crippen molar-refractivity contribution in [2.24, 2.45) is 0 Å². The largest absolute Gasteiger partial charge is 0.469 e. The summed E-state index contributed by atoms with van der Waals surface area (Å²) >= 11 is 0. The SMILES string of the molecule is CCN(CCC(=O)OC)CC1CCC(C)O1. The van der Waals surface area contributed by atoms with Crippen LogP contribution in [0.2, 0.25) is 0 Å². The second kappa shape index (κ2) is 6.86. The van der Waals surface area contributed by atoms with Crippen molar-refractivity contribution in [1.29, 1.82) is 0 Å². The number of hydrogen-bond donors (Lipinski definition) is 0. The Bertz CT molecular complexity index is 220. The van der Waals surface area contributed by atoms with Crippen LogP contribution in [0.1, 0.15) is 33.1 Å². The molecule has 2 unspecified atom stereocenters. The van der Waals surface area contributed by atoms with Gasteiger partial charge in [-0.05, 0) is 26.3 Å². The number of rotatable bonds is 6. The summed E-state index contributed by atoms with van der Waals surface area (Å²) in [4.78, 5) is 13.3. The summed E-state index contributed by atoms with van der Waals surface area (Å²) in [5, 5.41) is 0. The summed E-state index contributed by atoms with van der Waals surface area (Å²) in [5.41, 5.74) is 0. The van der Waals surface area contributed by atoms with E-state index in [0.717, 1.165) is 32.5 Å². The van der Waals surface area contributed by atoms with Crippen molar-refractivity contribution >= 4 is 5.97 Å². The minimum atomic E-state index is -0.140. The molecule has 94 valence electrons. The van der Waals surface area contributed by atoms with Crippen LogP contribution in [0.15, 0.2) is 0 Å². The van der Waals surface area contributed by atoms with Gasteiger partial charge in [-0.2, -0.15) is 0 Å². The van der Waals surface area contributed by atoms with Gasteiger partial charge in [0.05, 0.1) is 25.7 Å². The van der Waals surface area contributed by atoms with Gasteiger partial charge in [-0.1, -0.05) is 6.92 Å². The molecule has 0 aliphatic carbocycles. The highest BCUT2D eigenvalue weighted by Gasteiger charge is 2.23. The van der Waals surface area contributed by atoms with Gasteiger partial charge in [0.2, 0.25) is 0 Å². The van der Waals surface area contributed by atoms with Crippen molar-refractivity contribution in [3.8, 4) is 0 Å². The van der Waals surface area contributed by atoms with Crippen LogP contribution in [0.25, 0.3) is 0 Å². The number of nitrogens with zero attached hydrogens (tertiary/aromatic N) is 1. The van der Waals surface area contributed by atoms with Gasteiger partial charge in [-0.3, -0.25) is 4.79 Å². The first-order chi connectivity index (χ1) is 7.65. The third-order valence-corrected chi connectivity index (χ3v) is 3.09. The Morgan fingerprint density at radius 2 is 2.25 bits per heavy atom. The fourth-order valence-electron chi connectivity index (χ4n) is 2.04. The molecule has 0 bridgehead atoms. The van der Waals surface area contributed by atoms with E-state index < -0.39 is 0 Å². The minimum Gasteiger partial charge on any atom is -0.469 e. The number of carbonyl (C=O) groups excluding carboxylic acids is 1. The van der Waals surface area contributed by atoms with E-state index in [9.17, 15) is 4.79 Å². The first kappa shape index (κ1) is 13.5. The van der Waals surface area contributed by atoms with E-state index in [1.165, 1.54) is 7.11 Å². The third-order valence-electron chi connectivity index (χ3n) is 3.09. The molecule has 4 heteroatoms. The van der Waals surface area contributed by atoms with Crippen molar-refractivity contribution in [3.63, 3.8) is 0 Å². The number of ether oxygens (including phenoxy) is 2. The highest BCUT2D eigenvalue weighted by atomic mass is 16.5. The van der Waals surface area contributed by atoms with Gasteiger partial charge in [-0.15, -0.1) is 0 Å². The van der Waals surface area contributed by atoms with Crippen LogP contribution < -0.4 is 0 Å². The molecule has 0 amide bonds. The monoisotopic (exact) mass is 229 g/mol. The zero-order valence-electron chi connectivity index (χ0n) is 10.6. The highest BCUT2D eigenvalue weighted by Crippen LogP contribution is 2.19. The van der Waals surface area contributed by atoms with E-state index >= 15 is 0 Å². The molecule has 1 rings (SSSR count). The van der Waals surface area contributed by atoms with Gasteiger partial charge < -0.3 is 14.4 Å². The zero-order chi connectivity index (χ0) is 12.0. The molecule has 1 heterocycles. The summed E-state index contributed by atoms with van der Waals surface area (Å²) in [5.74, 6) is -0.140. The third kappa shape index (κ3) is 4.49. The van der Waals surface area contributed by atoms with Gasteiger partial charge in [-0.25, -0.2) is 0 Å². The predicted octanol–water partition coefficient (Wildman–Crippen LogP) is 1.44. The Kier molecular flexibility index (Phi) is 5.77. The molecule has 1 fully saturated rings. The molecular weight excluding hydrogens is 206 g/mol. The Hall–Kier alpha value is -0.610. The van der Waals surface area contributed by atoms with Gasteiger partial charge in [0.15, 0.2) is 0 Å². The average molecular weight is 229 g/mol. The van der Waals surface area contributed by atoms with Crippen molar-refractivity contribution in [2.75, 3.05) is 26.7 Å².